The fourth-order valence-corrected chi connectivity index (χ4v) is 2.49. The van der Waals surface area contributed by atoms with Gasteiger partial charge in [-0.05, 0) is 65.7 Å². The summed E-state index contributed by atoms with van der Waals surface area (Å²) in [5, 5.41) is 9.87. The lowest BCUT2D eigenvalue weighted by Gasteiger charge is -2.22. The van der Waals surface area contributed by atoms with Gasteiger partial charge in [-0.3, -0.25) is 0 Å². The fourth-order valence-electron chi connectivity index (χ4n) is 2.49. The molecule has 0 aromatic heterocycles. The first-order valence-corrected chi connectivity index (χ1v) is 8.83. The Kier molecular flexibility index (Phi) is 9.46. The van der Waals surface area contributed by atoms with Gasteiger partial charge in [-0.15, -0.1) is 6.58 Å². The molecule has 0 saturated carbocycles. The third-order valence-electron chi connectivity index (χ3n) is 4.25. The van der Waals surface area contributed by atoms with Crippen LogP contribution in [0.4, 0.5) is 0 Å². The molecule has 0 bridgehead atoms. The van der Waals surface area contributed by atoms with Crippen LogP contribution in [0.15, 0.2) is 36.0 Å². The molecule has 1 N–H and O–H groups in total. The van der Waals surface area contributed by atoms with Crippen LogP contribution in [-0.4, -0.2) is 30.2 Å². The van der Waals surface area contributed by atoms with E-state index in [0.29, 0.717) is 6.61 Å². The predicted molar refractivity (Wildman–Crippen MR) is 96.3 cm³/mol. The zero-order valence-corrected chi connectivity index (χ0v) is 15.1. The molecule has 2 atom stereocenters. The lowest BCUT2D eigenvalue weighted by atomic mass is 9.99. The van der Waals surface area contributed by atoms with Crippen LogP contribution in [0.1, 0.15) is 65.7 Å². The molecule has 0 spiro atoms. The molecule has 1 saturated heterocycles. The molecule has 0 aromatic rings. The molecule has 1 aliphatic heterocycles. The van der Waals surface area contributed by atoms with Gasteiger partial charge in [0.05, 0.1) is 12.2 Å². The fraction of sp³-hybridized carbons (Fsp3) is 0.700. The molecule has 1 fully saturated rings. The lowest BCUT2D eigenvalue weighted by molar-refractivity contribution is -0.156. The van der Waals surface area contributed by atoms with Crippen molar-refractivity contribution < 1.29 is 14.6 Å². The monoisotopic (exact) mass is 322 g/mol. The quantitative estimate of drug-likeness (QED) is 0.580. The van der Waals surface area contributed by atoms with Gasteiger partial charge in [-0.1, -0.05) is 29.4 Å². The van der Waals surface area contributed by atoms with Gasteiger partial charge in [0, 0.05) is 6.61 Å². The first kappa shape index (κ1) is 20.1. The summed E-state index contributed by atoms with van der Waals surface area (Å²) in [5.74, 6) is 0. The zero-order chi connectivity index (χ0) is 17.1. The summed E-state index contributed by atoms with van der Waals surface area (Å²) in [6.45, 7) is 11.2. The Hall–Kier alpha value is -0.900. The Balaban J connectivity index is 2.18. The Morgan fingerprint density at radius 2 is 2.00 bits per heavy atom. The maximum absolute atomic E-state index is 9.87. The third-order valence-corrected chi connectivity index (χ3v) is 4.25. The number of rotatable bonds is 10. The molecule has 132 valence electrons. The van der Waals surface area contributed by atoms with Crippen LogP contribution in [0.5, 0.6) is 0 Å². The van der Waals surface area contributed by atoms with Crippen molar-refractivity contribution in [2.45, 2.75) is 77.6 Å². The Labute approximate surface area is 142 Å². The van der Waals surface area contributed by atoms with Gasteiger partial charge in [0.25, 0.3) is 0 Å². The van der Waals surface area contributed by atoms with E-state index < -0.39 is 5.60 Å². The molecular weight excluding hydrogens is 288 g/mol. The van der Waals surface area contributed by atoms with Crippen molar-refractivity contribution in [3.8, 4) is 0 Å². The molecule has 3 nitrogen and oxygen atoms in total. The molecule has 0 aromatic carbocycles. The van der Waals surface area contributed by atoms with Gasteiger partial charge in [-0.2, -0.15) is 0 Å². The number of hydrogen-bond donors (Lipinski definition) is 1. The minimum absolute atomic E-state index is 0.00798. The number of allylic oxidation sites excluding steroid dienone is 3. The highest BCUT2D eigenvalue weighted by atomic mass is 16.7. The zero-order valence-electron chi connectivity index (χ0n) is 15.1. The minimum atomic E-state index is -0.758. The second-order valence-corrected chi connectivity index (χ2v) is 6.85. The summed E-state index contributed by atoms with van der Waals surface area (Å²) in [6, 6.07) is 0. The highest BCUT2D eigenvalue weighted by Gasteiger charge is 2.14. The van der Waals surface area contributed by atoms with E-state index in [1.165, 1.54) is 17.6 Å². The maximum atomic E-state index is 9.87. The van der Waals surface area contributed by atoms with E-state index in [-0.39, 0.29) is 6.29 Å². The summed E-state index contributed by atoms with van der Waals surface area (Å²) < 4.78 is 11.3. The smallest absolute Gasteiger partial charge is 0.158 e. The van der Waals surface area contributed by atoms with E-state index in [2.05, 4.69) is 32.6 Å². The van der Waals surface area contributed by atoms with Crippen LogP contribution in [0.3, 0.4) is 0 Å². The van der Waals surface area contributed by atoms with Crippen LogP contribution >= 0.6 is 0 Å². The van der Waals surface area contributed by atoms with Crippen molar-refractivity contribution >= 4 is 0 Å². The summed E-state index contributed by atoms with van der Waals surface area (Å²) in [7, 11) is 0. The molecule has 2 unspecified atom stereocenters. The number of aliphatic hydroxyl groups is 1. The van der Waals surface area contributed by atoms with Crippen LogP contribution in [-0.2, 0) is 9.47 Å². The summed E-state index contributed by atoms with van der Waals surface area (Å²) in [5.41, 5.74) is 1.87. The molecule has 23 heavy (non-hydrogen) atoms. The highest BCUT2D eigenvalue weighted by molar-refractivity contribution is 5.05. The average Bonchev–Trinajstić information content (AvgIpc) is 2.54. The number of ether oxygens (including phenoxy) is 2. The van der Waals surface area contributed by atoms with Crippen molar-refractivity contribution in [2.24, 2.45) is 0 Å². The third kappa shape index (κ3) is 9.75. The van der Waals surface area contributed by atoms with E-state index in [0.717, 1.165) is 45.1 Å². The van der Waals surface area contributed by atoms with Gasteiger partial charge >= 0.3 is 0 Å². The molecule has 3 heteroatoms. The Bertz CT molecular complexity index is 401. The first-order chi connectivity index (χ1) is 10.9. The second kappa shape index (κ2) is 10.8. The molecule has 1 aliphatic rings. The molecule has 0 amide bonds. The topological polar surface area (TPSA) is 38.7 Å². The van der Waals surface area contributed by atoms with Gasteiger partial charge in [0.2, 0.25) is 0 Å². The van der Waals surface area contributed by atoms with Crippen LogP contribution < -0.4 is 0 Å². The Morgan fingerprint density at radius 1 is 1.26 bits per heavy atom. The summed E-state index contributed by atoms with van der Waals surface area (Å²) in [4.78, 5) is 0. The van der Waals surface area contributed by atoms with E-state index in [9.17, 15) is 5.11 Å². The van der Waals surface area contributed by atoms with Crippen molar-refractivity contribution in [3.63, 3.8) is 0 Å². The number of hydrogen-bond acceptors (Lipinski definition) is 3. The van der Waals surface area contributed by atoms with Crippen molar-refractivity contribution in [1.82, 2.24) is 0 Å². The predicted octanol–water partition coefficient (Wildman–Crippen LogP) is 4.92. The van der Waals surface area contributed by atoms with Crippen molar-refractivity contribution in [3.05, 3.63) is 36.0 Å². The van der Waals surface area contributed by atoms with Crippen LogP contribution in [0.2, 0.25) is 0 Å². The lowest BCUT2D eigenvalue weighted by Crippen LogP contribution is -2.22. The Morgan fingerprint density at radius 3 is 2.65 bits per heavy atom. The van der Waals surface area contributed by atoms with Gasteiger partial charge in [0.1, 0.15) is 0 Å². The van der Waals surface area contributed by atoms with E-state index in [1.807, 2.05) is 0 Å². The van der Waals surface area contributed by atoms with E-state index in [1.54, 1.807) is 13.0 Å². The second-order valence-electron chi connectivity index (χ2n) is 6.85. The average molecular weight is 322 g/mol. The first-order valence-electron chi connectivity index (χ1n) is 8.83. The molecule has 0 aliphatic carbocycles. The SMILES string of the molecule is C=CC(C)(O)CC/C=C(\C)CC/C=C(\C)COC1CCCCO1. The minimum Gasteiger partial charge on any atom is -0.386 e. The summed E-state index contributed by atoms with van der Waals surface area (Å²) in [6.07, 6.45) is 13.1. The highest BCUT2D eigenvalue weighted by Crippen LogP contribution is 2.17. The van der Waals surface area contributed by atoms with E-state index in [4.69, 9.17) is 9.47 Å². The summed E-state index contributed by atoms with van der Waals surface area (Å²) >= 11 is 0. The van der Waals surface area contributed by atoms with Crippen molar-refractivity contribution in [2.75, 3.05) is 13.2 Å². The van der Waals surface area contributed by atoms with Gasteiger partial charge in [0.15, 0.2) is 6.29 Å². The normalized spacial score (nSPS) is 22.7. The largest absolute Gasteiger partial charge is 0.386 e. The van der Waals surface area contributed by atoms with Crippen molar-refractivity contribution in [1.29, 1.82) is 0 Å². The van der Waals surface area contributed by atoms with Gasteiger partial charge < -0.3 is 14.6 Å². The van der Waals surface area contributed by atoms with Gasteiger partial charge in [-0.25, -0.2) is 0 Å². The molecule has 0 radical (unpaired) electrons. The van der Waals surface area contributed by atoms with Crippen LogP contribution in [0.25, 0.3) is 0 Å². The van der Waals surface area contributed by atoms with E-state index >= 15 is 0 Å². The standard InChI is InChI=1S/C20H34O3/c1-5-20(4,21)14-9-12-17(2)10-8-11-18(3)16-23-19-13-6-7-15-22-19/h5,11-12,19,21H,1,6-10,13-16H2,2-4H3/b17-12+,18-11+. The molecule has 1 heterocycles. The maximum Gasteiger partial charge on any atom is 0.158 e. The van der Waals surface area contributed by atoms with Crippen LogP contribution in [0, 0.1) is 0 Å². The molecular formula is C20H34O3. The molecule has 1 rings (SSSR count).